The lowest BCUT2D eigenvalue weighted by molar-refractivity contribution is -0.125. The smallest absolute Gasteiger partial charge is 0.243 e. The van der Waals surface area contributed by atoms with E-state index in [0.717, 1.165) is 16.9 Å². The Hall–Kier alpha value is -1.26. The number of hydrogen-bond donors (Lipinski definition) is 1. The Bertz CT molecular complexity index is 634. The highest BCUT2D eigenvalue weighted by molar-refractivity contribution is 6.31. The number of halogens is 2. The molecule has 2 N–H and O–H groups in total. The van der Waals surface area contributed by atoms with E-state index in [1.165, 1.54) is 0 Å². The van der Waals surface area contributed by atoms with Crippen molar-refractivity contribution in [3.8, 4) is 0 Å². The van der Waals surface area contributed by atoms with E-state index in [-0.39, 0.29) is 0 Å². The molecule has 1 amide bonds. The van der Waals surface area contributed by atoms with Gasteiger partial charge in [-0.1, -0.05) is 11.6 Å². The number of alkyl halides is 1. The van der Waals surface area contributed by atoms with Crippen LogP contribution in [0.2, 0.25) is 5.02 Å². The van der Waals surface area contributed by atoms with Crippen LogP contribution in [0.15, 0.2) is 18.2 Å². The van der Waals surface area contributed by atoms with E-state index in [1.54, 1.807) is 26.0 Å². The average Bonchev–Trinajstić information content (AvgIpc) is 2.67. The number of amides is 1. The van der Waals surface area contributed by atoms with Gasteiger partial charge in [0, 0.05) is 17.3 Å². The Labute approximate surface area is 121 Å². The maximum absolute atomic E-state index is 11.7. The predicted octanol–water partition coefficient (Wildman–Crippen LogP) is 2.69. The van der Waals surface area contributed by atoms with Gasteiger partial charge in [0.25, 0.3) is 0 Å². The molecule has 0 aliphatic heterocycles. The zero-order valence-electron chi connectivity index (χ0n) is 10.8. The largest absolute Gasteiger partial charge is 0.368 e. The number of aromatic nitrogens is 2. The van der Waals surface area contributed by atoms with E-state index >= 15 is 0 Å². The van der Waals surface area contributed by atoms with Crippen molar-refractivity contribution in [1.29, 1.82) is 0 Å². The molecular formula is C13H15Cl2N3O. The summed E-state index contributed by atoms with van der Waals surface area (Å²) in [4.78, 5) is 16.2. The highest BCUT2D eigenvalue weighted by Crippen LogP contribution is 2.28. The van der Waals surface area contributed by atoms with Gasteiger partial charge in [-0.15, -0.1) is 11.6 Å². The first-order valence-corrected chi connectivity index (χ1v) is 6.82. The van der Waals surface area contributed by atoms with Crippen LogP contribution in [0.5, 0.6) is 0 Å². The minimum Gasteiger partial charge on any atom is -0.368 e. The maximum atomic E-state index is 11.7. The molecule has 1 aromatic heterocycles. The van der Waals surface area contributed by atoms with Crippen LogP contribution >= 0.6 is 23.2 Å². The van der Waals surface area contributed by atoms with Gasteiger partial charge in [0.1, 0.15) is 11.4 Å². The summed E-state index contributed by atoms with van der Waals surface area (Å²) in [7, 11) is 0. The second-order valence-electron chi connectivity index (χ2n) is 4.86. The second-order valence-corrected chi connectivity index (χ2v) is 5.67. The van der Waals surface area contributed by atoms with Crippen molar-refractivity contribution in [2.24, 2.45) is 5.73 Å². The number of imidazole rings is 1. The fraction of sp³-hybridized carbons (Fsp3) is 0.385. The van der Waals surface area contributed by atoms with Gasteiger partial charge in [0.05, 0.1) is 11.0 Å². The molecule has 0 unspecified atom stereocenters. The summed E-state index contributed by atoms with van der Waals surface area (Å²) >= 11 is 11.8. The maximum Gasteiger partial charge on any atom is 0.243 e. The second kappa shape index (κ2) is 5.02. The molecule has 0 fully saturated rings. The molecule has 1 heterocycles. The highest BCUT2D eigenvalue weighted by Gasteiger charge is 2.31. The molecule has 4 nitrogen and oxygen atoms in total. The number of hydrogen-bond acceptors (Lipinski definition) is 2. The third-order valence-corrected chi connectivity index (χ3v) is 3.59. The van der Waals surface area contributed by atoms with E-state index < -0.39 is 11.4 Å². The topological polar surface area (TPSA) is 60.9 Å². The number of carbonyl (C=O) groups is 1. The Morgan fingerprint density at radius 2 is 2.16 bits per heavy atom. The Kier molecular flexibility index (Phi) is 3.74. The quantitative estimate of drug-likeness (QED) is 0.882. The lowest BCUT2D eigenvalue weighted by atomic mass is 10.0. The van der Waals surface area contributed by atoms with Crippen LogP contribution in [0.4, 0.5) is 0 Å². The molecular weight excluding hydrogens is 285 g/mol. The molecule has 0 spiro atoms. The van der Waals surface area contributed by atoms with Crippen LogP contribution in [0.1, 0.15) is 19.7 Å². The molecule has 6 heteroatoms. The molecule has 0 aliphatic carbocycles. The summed E-state index contributed by atoms with van der Waals surface area (Å²) in [6.45, 7) is 3.52. The van der Waals surface area contributed by atoms with Crippen molar-refractivity contribution in [1.82, 2.24) is 9.55 Å². The summed E-state index contributed by atoms with van der Waals surface area (Å²) < 4.78 is 1.82. The molecule has 0 saturated carbocycles. The summed E-state index contributed by atoms with van der Waals surface area (Å²) in [5, 5.41) is 0.589. The van der Waals surface area contributed by atoms with Crippen LogP contribution in [-0.4, -0.2) is 21.3 Å². The summed E-state index contributed by atoms with van der Waals surface area (Å²) in [6, 6.07) is 5.37. The summed E-state index contributed by atoms with van der Waals surface area (Å²) in [6.07, 6.45) is 0.560. The Morgan fingerprint density at radius 3 is 2.74 bits per heavy atom. The fourth-order valence-corrected chi connectivity index (χ4v) is 2.42. The minimum absolute atomic E-state index is 0.423. The SMILES string of the molecule is CC(C)(C(N)=O)n1c(CCCl)nc2ccc(Cl)cc21. The number of nitrogens with two attached hydrogens (primary N) is 1. The Morgan fingerprint density at radius 1 is 1.47 bits per heavy atom. The zero-order valence-corrected chi connectivity index (χ0v) is 12.3. The van der Waals surface area contributed by atoms with Crippen LogP contribution in [-0.2, 0) is 16.8 Å². The van der Waals surface area contributed by atoms with Gasteiger partial charge in [0.15, 0.2) is 0 Å². The number of nitrogens with zero attached hydrogens (tertiary/aromatic N) is 2. The molecule has 0 atom stereocenters. The number of rotatable bonds is 4. The van der Waals surface area contributed by atoms with Crippen LogP contribution < -0.4 is 5.73 Å². The number of fused-ring (bicyclic) bond motifs is 1. The Balaban J connectivity index is 2.77. The molecule has 102 valence electrons. The van der Waals surface area contributed by atoms with E-state index in [9.17, 15) is 4.79 Å². The standard InChI is InChI=1S/C13H15Cl2N3O/c1-13(2,12(16)19)18-10-7-8(15)3-4-9(10)17-11(18)5-6-14/h3-4,7H,5-6H2,1-2H3,(H2,16,19). The van der Waals surface area contributed by atoms with E-state index in [2.05, 4.69) is 4.98 Å². The van der Waals surface area contributed by atoms with E-state index in [1.807, 2.05) is 10.6 Å². The van der Waals surface area contributed by atoms with Crippen LogP contribution in [0.3, 0.4) is 0 Å². The van der Waals surface area contributed by atoms with Gasteiger partial charge in [-0.05, 0) is 32.0 Å². The molecule has 0 saturated heterocycles. The van der Waals surface area contributed by atoms with Crippen molar-refractivity contribution < 1.29 is 4.79 Å². The van der Waals surface area contributed by atoms with Crippen molar-refractivity contribution in [2.45, 2.75) is 25.8 Å². The summed E-state index contributed by atoms with van der Waals surface area (Å²) in [5.41, 5.74) is 6.18. The van der Waals surface area contributed by atoms with Crippen molar-refractivity contribution in [3.63, 3.8) is 0 Å². The van der Waals surface area contributed by atoms with Crippen LogP contribution in [0.25, 0.3) is 11.0 Å². The van der Waals surface area contributed by atoms with Crippen molar-refractivity contribution in [2.75, 3.05) is 5.88 Å². The normalized spacial score (nSPS) is 12.0. The lowest BCUT2D eigenvalue weighted by Gasteiger charge is -2.25. The molecule has 0 radical (unpaired) electrons. The predicted molar refractivity (Wildman–Crippen MR) is 77.7 cm³/mol. The van der Waals surface area contributed by atoms with Crippen LogP contribution in [0, 0.1) is 0 Å². The van der Waals surface area contributed by atoms with Gasteiger partial charge in [-0.2, -0.15) is 0 Å². The number of aryl methyl sites for hydroxylation is 1. The average molecular weight is 300 g/mol. The van der Waals surface area contributed by atoms with Gasteiger partial charge >= 0.3 is 0 Å². The molecule has 1 aromatic carbocycles. The third-order valence-electron chi connectivity index (χ3n) is 3.17. The first-order chi connectivity index (χ1) is 8.87. The minimum atomic E-state index is -0.888. The first-order valence-electron chi connectivity index (χ1n) is 5.91. The lowest BCUT2D eigenvalue weighted by Crippen LogP contribution is -2.42. The fourth-order valence-electron chi connectivity index (χ4n) is 2.08. The zero-order chi connectivity index (χ0) is 14.2. The monoisotopic (exact) mass is 299 g/mol. The molecule has 2 rings (SSSR count). The first kappa shape index (κ1) is 14.2. The molecule has 2 aromatic rings. The van der Waals surface area contributed by atoms with Gasteiger partial charge in [-0.3, -0.25) is 4.79 Å². The van der Waals surface area contributed by atoms with Gasteiger partial charge in [0.2, 0.25) is 5.91 Å². The van der Waals surface area contributed by atoms with E-state index in [4.69, 9.17) is 28.9 Å². The summed E-state index contributed by atoms with van der Waals surface area (Å²) in [5.74, 6) is 0.727. The van der Waals surface area contributed by atoms with E-state index in [0.29, 0.717) is 17.3 Å². The van der Waals surface area contributed by atoms with Crippen molar-refractivity contribution in [3.05, 3.63) is 29.0 Å². The van der Waals surface area contributed by atoms with Gasteiger partial charge in [-0.25, -0.2) is 4.98 Å². The number of benzene rings is 1. The molecule has 19 heavy (non-hydrogen) atoms. The molecule has 0 aliphatic rings. The number of carbonyl (C=O) groups excluding carboxylic acids is 1. The van der Waals surface area contributed by atoms with Crippen molar-refractivity contribution >= 4 is 40.1 Å². The van der Waals surface area contributed by atoms with Gasteiger partial charge < -0.3 is 10.3 Å². The number of primary amides is 1. The highest BCUT2D eigenvalue weighted by atomic mass is 35.5. The molecule has 0 bridgehead atoms. The third kappa shape index (κ3) is 2.42.